The molecule has 2 heterocycles. The lowest BCUT2D eigenvalue weighted by Gasteiger charge is -2.34. The predicted octanol–water partition coefficient (Wildman–Crippen LogP) is 4.14. The molecule has 1 saturated carbocycles. The molecule has 2 fully saturated rings. The number of halogens is 1. The SMILES string of the molecule is O=C(CCC(=O)N1CCN(COc2ccc(Cl)cc2)CC1)Nc1nnc(C2CCCCC2)s1. The van der Waals surface area contributed by atoms with Gasteiger partial charge in [-0.3, -0.25) is 14.5 Å². The fourth-order valence-electron chi connectivity index (χ4n) is 4.18. The van der Waals surface area contributed by atoms with Crippen LogP contribution in [0.4, 0.5) is 5.13 Å². The van der Waals surface area contributed by atoms with Crippen LogP contribution in [-0.2, 0) is 9.59 Å². The van der Waals surface area contributed by atoms with Gasteiger partial charge in [0.05, 0.1) is 0 Å². The molecule has 0 radical (unpaired) electrons. The molecule has 1 saturated heterocycles. The number of piperazine rings is 1. The summed E-state index contributed by atoms with van der Waals surface area (Å²) in [5.74, 6) is 1.05. The van der Waals surface area contributed by atoms with E-state index in [2.05, 4.69) is 20.4 Å². The van der Waals surface area contributed by atoms with E-state index in [0.717, 1.165) is 36.7 Å². The van der Waals surface area contributed by atoms with Gasteiger partial charge in [-0.2, -0.15) is 0 Å². The van der Waals surface area contributed by atoms with Crippen molar-refractivity contribution in [3.63, 3.8) is 0 Å². The molecule has 0 atom stereocenters. The Morgan fingerprint density at radius 2 is 1.76 bits per heavy atom. The molecule has 1 aromatic carbocycles. The average Bonchev–Trinajstić information content (AvgIpc) is 3.31. The molecule has 2 aliphatic rings. The zero-order valence-electron chi connectivity index (χ0n) is 18.7. The summed E-state index contributed by atoms with van der Waals surface area (Å²) >= 11 is 7.35. The van der Waals surface area contributed by atoms with Gasteiger partial charge in [-0.05, 0) is 37.1 Å². The second-order valence-electron chi connectivity index (χ2n) is 8.55. The molecule has 0 unspecified atom stereocenters. The Bertz CT molecular complexity index is 924. The second kappa shape index (κ2) is 11.8. The summed E-state index contributed by atoms with van der Waals surface area (Å²) in [5.41, 5.74) is 0. The topological polar surface area (TPSA) is 87.7 Å². The third-order valence-corrected chi connectivity index (χ3v) is 7.41. The lowest BCUT2D eigenvalue weighted by Crippen LogP contribution is -2.49. The number of carbonyl (C=O) groups is 2. The van der Waals surface area contributed by atoms with E-state index >= 15 is 0 Å². The van der Waals surface area contributed by atoms with Gasteiger partial charge >= 0.3 is 0 Å². The molecule has 4 rings (SSSR count). The average molecular weight is 492 g/mol. The molecule has 2 aromatic rings. The summed E-state index contributed by atoms with van der Waals surface area (Å²) in [4.78, 5) is 28.8. The number of carbonyl (C=O) groups excluding carboxylic acids is 2. The normalized spacial score (nSPS) is 17.7. The van der Waals surface area contributed by atoms with Crippen LogP contribution in [0.25, 0.3) is 0 Å². The molecule has 8 nitrogen and oxygen atoms in total. The van der Waals surface area contributed by atoms with Crippen molar-refractivity contribution in [1.82, 2.24) is 20.0 Å². The highest BCUT2D eigenvalue weighted by atomic mass is 35.5. The van der Waals surface area contributed by atoms with Crippen molar-refractivity contribution in [2.45, 2.75) is 50.9 Å². The van der Waals surface area contributed by atoms with Gasteiger partial charge in [-0.25, -0.2) is 0 Å². The number of nitrogens with zero attached hydrogens (tertiary/aromatic N) is 4. The van der Waals surface area contributed by atoms with Crippen LogP contribution in [-0.4, -0.2) is 64.7 Å². The highest BCUT2D eigenvalue weighted by Gasteiger charge is 2.23. The van der Waals surface area contributed by atoms with Gasteiger partial charge < -0.3 is 15.0 Å². The Balaban J connectivity index is 1.13. The third-order valence-electron chi connectivity index (χ3n) is 6.16. The van der Waals surface area contributed by atoms with Crippen LogP contribution in [0.15, 0.2) is 24.3 Å². The summed E-state index contributed by atoms with van der Waals surface area (Å²) in [5, 5.41) is 13.4. The van der Waals surface area contributed by atoms with Crippen LogP contribution in [0.1, 0.15) is 55.9 Å². The number of anilines is 1. The van der Waals surface area contributed by atoms with E-state index in [9.17, 15) is 9.59 Å². The van der Waals surface area contributed by atoms with Crippen molar-refractivity contribution in [3.05, 3.63) is 34.3 Å². The smallest absolute Gasteiger partial charge is 0.226 e. The van der Waals surface area contributed by atoms with Gasteiger partial charge in [0.15, 0.2) is 0 Å². The third kappa shape index (κ3) is 7.12. The van der Waals surface area contributed by atoms with Crippen molar-refractivity contribution in [2.75, 3.05) is 38.2 Å². The number of benzene rings is 1. The molecule has 0 bridgehead atoms. The first-order chi connectivity index (χ1) is 16.1. The van der Waals surface area contributed by atoms with Crippen LogP contribution < -0.4 is 10.1 Å². The fraction of sp³-hybridized carbons (Fsp3) is 0.565. The van der Waals surface area contributed by atoms with Gasteiger partial charge in [0.2, 0.25) is 16.9 Å². The number of hydrogen-bond donors (Lipinski definition) is 1. The van der Waals surface area contributed by atoms with E-state index in [4.69, 9.17) is 16.3 Å². The summed E-state index contributed by atoms with van der Waals surface area (Å²) in [6, 6.07) is 7.27. The minimum Gasteiger partial charge on any atom is -0.478 e. The maximum absolute atomic E-state index is 12.5. The van der Waals surface area contributed by atoms with Gasteiger partial charge in [-0.15, -0.1) is 10.2 Å². The monoisotopic (exact) mass is 491 g/mol. The minimum atomic E-state index is -0.190. The molecule has 0 spiro atoms. The van der Waals surface area contributed by atoms with Crippen molar-refractivity contribution in [2.24, 2.45) is 0 Å². The van der Waals surface area contributed by atoms with Gasteiger partial charge in [0.1, 0.15) is 17.5 Å². The Hall–Kier alpha value is -2.23. The number of rotatable bonds is 8. The van der Waals surface area contributed by atoms with Crippen LogP contribution in [0, 0.1) is 0 Å². The Morgan fingerprint density at radius 1 is 1.03 bits per heavy atom. The van der Waals surface area contributed by atoms with Crippen LogP contribution in [0.2, 0.25) is 5.02 Å². The highest BCUT2D eigenvalue weighted by Crippen LogP contribution is 2.35. The Morgan fingerprint density at radius 3 is 2.48 bits per heavy atom. The van der Waals surface area contributed by atoms with Gasteiger partial charge in [0.25, 0.3) is 0 Å². The molecular weight excluding hydrogens is 462 g/mol. The van der Waals surface area contributed by atoms with E-state index in [1.807, 2.05) is 17.0 Å². The molecular formula is C23H30ClN5O3S. The van der Waals surface area contributed by atoms with E-state index in [0.29, 0.717) is 35.9 Å². The lowest BCUT2D eigenvalue weighted by molar-refractivity contribution is -0.134. The summed E-state index contributed by atoms with van der Waals surface area (Å²) < 4.78 is 5.77. The fourth-order valence-corrected chi connectivity index (χ4v) is 5.24. The number of nitrogens with one attached hydrogen (secondary N) is 1. The zero-order valence-corrected chi connectivity index (χ0v) is 20.2. The standard InChI is InChI=1S/C23H30ClN5O3S/c24-18-6-8-19(9-7-18)32-16-28-12-14-29(15-13-28)21(31)11-10-20(30)25-23-27-26-22(33-23)17-4-2-1-3-5-17/h6-9,17H,1-5,10-16H2,(H,25,27,30). The first-order valence-corrected chi connectivity index (χ1v) is 12.8. The summed E-state index contributed by atoms with van der Waals surface area (Å²) in [7, 11) is 0. The van der Waals surface area contributed by atoms with Crippen LogP contribution in [0.5, 0.6) is 5.75 Å². The Labute approximate surface area is 203 Å². The van der Waals surface area contributed by atoms with Gasteiger partial charge in [0, 0.05) is 50.0 Å². The maximum Gasteiger partial charge on any atom is 0.226 e. The number of hydrogen-bond acceptors (Lipinski definition) is 7. The highest BCUT2D eigenvalue weighted by molar-refractivity contribution is 7.15. The molecule has 178 valence electrons. The molecule has 10 heteroatoms. The van der Waals surface area contributed by atoms with Crippen LogP contribution >= 0.6 is 22.9 Å². The molecule has 1 aliphatic carbocycles. The first kappa shape index (κ1) is 23.9. The maximum atomic E-state index is 12.5. The molecule has 1 aromatic heterocycles. The second-order valence-corrected chi connectivity index (χ2v) is 10.0. The largest absolute Gasteiger partial charge is 0.478 e. The zero-order chi connectivity index (χ0) is 23.0. The predicted molar refractivity (Wildman–Crippen MR) is 129 cm³/mol. The van der Waals surface area contributed by atoms with E-state index in [-0.39, 0.29) is 24.7 Å². The minimum absolute atomic E-state index is 0.00331. The number of aromatic nitrogens is 2. The van der Waals surface area contributed by atoms with E-state index < -0.39 is 0 Å². The van der Waals surface area contributed by atoms with Gasteiger partial charge in [-0.1, -0.05) is 42.2 Å². The quantitative estimate of drug-likeness (QED) is 0.597. The molecule has 33 heavy (non-hydrogen) atoms. The number of amides is 2. The van der Waals surface area contributed by atoms with Crippen molar-refractivity contribution >= 4 is 39.9 Å². The summed E-state index contributed by atoms with van der Waals surface area (Å²) in [6.45, 7) is 3.20. The molecule has 2 amide bonds. The molecule has 1 aliphatic heterocycles. The van der Waals surface area contributed by atoms with Crippen molar-refractivity contribution < 1.29 is 14.3 Å². The van der Waals surface area contributed by atoms with E-state index in [1.165, 1.54) is 30.6 Å². The van der Waals surface area contributed by atoms with Crippen LogP contribution in [0.3, 0.4) is 0 Å². The number of ether oxygens (including phenoxy) is 1. The van der Waals surface area contributed by atoms with Crippen molar-refractivity contribution in [1.29, 1.82) is 0 Å². The molecule has 1 N–H and O–H groups in total. The lowest BCUT2D eigenvalue weighted by atomic mass is 9.90. The van der Waals surface area contributed by atoms with E-state index in [1.54, 1.807) is 12.1 Å². The van der Waals surface area contributed by atoms with Crippen molar-refractivity contribution in [3.8, 4) is 5.75 Å². The first-order valence-electron chi connectivity index (χ1n) is 11.6. The Kier molecular flexibility index (Phi) is 8.52. The summed E-state index contributed by atoms with van der Waals surface area (Å²) in [6.07, 6.45) is 6.40.